The first-order valence-corrected chi connectivity index (χ1v) is 30.3. The molecule has 5 aromatic rings. The van der Waals surface area contributed by atoms with Crippen molar-refractivity contribution in [2.45, 2.75) is 178 Å². The third kappa shape index (κ3) is 18.6. The van der Waals surface area contributed by atoms with Gasteiger partial charge in [-0.05, 0) is 137 Å². The lowest BCUT2D eigenvalue weighted by atomic mass is 9.94. The number of hydrogen-bond donors (Lipinski definition) is 4. The summed E-state index contributed by atoms with van der Waals surface area (Å²) in [7, 11) is 0. The normalized spacial score (nSPS) is 18.0. The molecule has 2 amide bonds. The number of aromatic nitrogens is 4. The number of carbonyl (C=O) groups excluding carboxylic acids is 2. The summed E-state index contributed by atoms with van der Waals surface area (Å²) >= 11 is 0. The van der Waals surface area contributed by atoms with Crippen LogP contribution in [0.5, 0.6) is 17.2 Å². The fourth-order valence-electron chi connectivity index (χ4n) is 10.2. The monoisotopic (exact) mass is 1170 g/mol. The topological polar surface area (TPSA) is 223 Å². The second-order valence-corrected chi connectivity index (χ2v) is 21.4. The van der Waals surface area contributed by atoms with Crippen LogP contribution >= 0.6 is 0 Å². The number of aryl methyl sites for hydroxylation is 3. The molecule has 4 heterocycles. The Morgan fingerprint density at radius 2 is 1.24 bits per heavy atom. The molecule has 462 valence electrons. The number of nitrogens with zero attached hydrogens (tertiary/aromatic N) is 2. The maximum Gasteiger partial charge on any atom is 0.330 e. The lowest BCUT2D eigenvalue weighted by molar-refractivity contribution is -0.130. The average molecular weight is 1170 g/mol. The van der Waals surface area contributed by atoms with Crippen molar-refractivity contribution >= 4 is 23.2 Å². The predicted octanol–water partition coefficient (Wildman–Crippen LogP) is 12.1. The highest BCUT2D eigenvalue weighted by atomic mass is 16.5. The second-order valence-electron chi connectivity index (χ2n) is 21.4. The molecule has 18 nitrogen and oxygen atoms in total. The lowest BCUT2D eigenvalue weighted by Crippen LogP contribution is -2.35. The average Bonchev–Trinajstić information content (AvgIpc) is 3.28. The number of benzene rings is 3. The van der Waals surface area contributed by atoms with Gasteiger partial charge in [0.05, 0.1) is 32.5 Å². The van der Waals surface area contributed by atoms with E-state index < -0.39 is 41.1 Å². The maximum absolute atomic E-state index is 14.0. The number of anilines is 2. The Labute approximate surface area is 501 Å². The van der Waals surface area contributed by atoms with Gasteiger partial charge in [-0.3, -0.25) is 38.3 Å². The molecular formula is C67H92N6O12. The van der Waals surface area contributed by atoms with Crippen LogP contribution in [-0.2, 0) is 43.1 Å². The molecule has 2 saturated heterocycles. The summed E-state index contributed by atoms with van der Waals surface area (Å²) in [6.07, 6.45) is 10.7. The first-order valence-electron chi connectivity index (χ1n) is 30.3. The highest BCUT2D eigenvalue weighted by molar-refractivity contribution is 5.95. The third-order valence-corrected chi connectivity index (χ3v) is 14.6. The van der Waals surface area contributed by atoms with Crippen LogP contribution in [-0.4, -0.2) is 69.6 Å². The maximum atomic E-state index is 14.0. The molecule has 2 aliphatic rings. The van der Waals surface area contributed by atoms with E-state index in [2.05, 4.69) is 54.5 Å². The van der Waals surface area contributed by atoms with Crippen LogP contribution in [0.1, 0.15) is 172 Å². The van der Waals surface area contributed by atoms with Gasteiger partial charge in [-0.2, -0.15) is 0 Å². The van der Waals surface area contributed by atoms with Crippen molar-refractivity contribution in [3.05, 3.63) is 178 Å². The molecule has 2 aliphatic heterocycles. The highest BCUT2D eigenvalue weighted by Gasteiger charge is 2.39. The summed E-state index contributed by atoms with van der Waals surface area (Å²) in [5, 5.41) is 6.22. The number of carbonyl (C=O) groups is 2. The van der Waals surface area contributed by atoms with Gasteiger partial charge >= 0.3 is 11.4 Å². The lowest BCUT2D eigenvalue weighted by Gasteiger charge is -2.21. The standard InChI is InChI=1S/C55H70N6O11.C10H16O.C2H6/c1-9-19-68-44-18-17-41(56-45(62)28-39-29-47(71-43(39)13-5)61-31-34(8)52(64)59-55(61)67)26-38(44)23-36-15-14-16-37(50(36)70-21-11-3)24-40-27-42(25-35(12-4)49(40)69-20-10-2)57-53(65)48-32(6)22-46(72-48)60-30-33(7)51(63)58-54(60)66;1-5-7-9(3)10(4)11-8-6-2;1-2/h14-18,25-27,30-32,39,43,46-48H,9-13,19-24,28-29H2,1-8H3,(H,56,62)(H,57,65)(H,58,63,66)(H,59,64,67);5,7H,1,4,6,8H2,2-3H3;1-2H3/b;9-7-;/t32-,39-,43+,46+,47+,48-;;/m0../s1. The quantitative estimate of drug-likeness (QED) is 0.0285. The smallest absolute Gasteiger partial charge is 0.330 e. The molecule has 0 aliphatic carbocycles. The Hall–Kier alpha value is -7.70. The van der Waals surface area contributed by atoms with E-state index in [-0.39, 0.29) is 36.2 Å². The number of nitrogens with one attached hydrogen (secondary N) is 4. The van der Waals surface area contributed by atoms with Crippen LogP contribution < -0.4 is 47.3 Å². The van der Waals surface area contributed by atoms with E-state index in [1.54, 1.807) is 19.9 Å². The zero-order valence-corrected chi connectivity index (χ0v) is 52.2. The van der Waals surface area contributed by atoms with E-state index in [1.807, 2.05) is 103 Å². The molecule has 2 fully saturated rings. The molecule has 0 spiro atoms. The fourth-order valence-corrected chi connectivity index (χ4v) is 10.2. The molecule has 85 heavy (non-hydrogen) atoms. The second kappa shape index (κ2) is 33.7. The van der Waals surface area contributed by atoms with Crippen molar-refractivity contribution < 1.29 is 38.0 Å². The third-order valence-electron chi connectivity index (χ3n) is 14.6. The van der Waals surface area contributed by atoms with Crippen LogP contribution in [0.4, 0.5) is 11.4 Å². The Kier molecular flexibility index (Phi) is 27.0. The van der Waals surface area contributed by atoms with E-state index >= 15 is 0 Å². The number of H-pyrrole nitrogens is 2. The van der Waals surface area contributed by atoms with Gasteiger partial charge < -0.3 is 39.1 Å². The van der Waals surface area contributed by atoms with Gasteiger partial charge in [0, 0.05) is 65.3 Å². The van der Waals surface area contributed by atoms with E-state index in [4.69, 9.17) is 28.4 Å². The largest absolute Gasteiger partial charge is 0.494 e. The van der Waals surface area contributed by atoms with E-state index in [0.29, 0.717) is 86.6 Å². The zero-order valence-electron chi connectivity index (χ0n) is 52.2. The molecule has 0 radical (unpaired) electrons. The van der Waals surface area contributed by atoms with Crippen LogP contribution in [0, 0.1) is 25.7 Å². The minimum absolute atomic E-state index is 0.157. The van der Waals surface area contributed by atoms with Crippen molar-refractivity contribution in [1.82, 2.24) is 19.1 Å². The minimum Gasteiger partial charge on any atom is -0.494 e. The first kappa shape index (κ1) is 68.1. The predicted molar refractivity (Wildman–Crippen MR) is 336 cm³/mol. The van der Waals surface area contributed by atoms with Crippen LogP contribution in [0.25, 0.3) is 0 Å². The molecular weight excluding hydrogens is 1080 g/mol. The molecule has 2 aromatic heterocycles. The van der Waals surface area contributed by atoms with Gasteiger partial charge in [0.2, 0.25) is 5.91 Å². The van der Waals surface area contributed by atoms with Crippen molar-refractivity contribution in [2.75, 3.05) is 37.1 Å². The summed E-state index contributed by atoms with van der Waals surface area (Å²) in [4.78, 5) is 81.9. The Bertz CT molecular complexity index is 3330. The molecule has 3 aromatic carbocycles. The van der Waals surface area contributed by atoms with Crippen LogP contribution in [0.15, 0.2) is 117 Å². The number of amides is 2. The summed E-state index contributed by atoms with van der Waals surface area (Å²) in [5.74, 6) is 2.02. The van der Waals surface area contributed by atoms with Crippen LogP contribution in [0.3, 0.4) is 0 Å². The minimum atomic E-state index is -0.849. The Morgan fingerprint density at radius 1 is 0.694 bits per heavy atom. The number of rotatable bonds is 27. The van der Waals surface area contributed by atoms with Crippen molar-refractivity contribution in [3.63, 3.8) is 0 Å². The summed E-state index contributed by atoms with van der Waals surface area (Å²) in [5.41, 5.74) is 5.47. The van der Waals surface area contributed by atoms with Crippen molar-refractivity contribution in [2.24, 2.45) is 11.8 Å². The van der Waals surface area contributed by atoms with Gasteiger partial charge in [-0.1, -0.05) is 106 Å². The summed E-state index contributed by atoms with van der Waals surface area (Å²) in [6.45, 7) is 33.0. The molecule has 7 rings (SSSR count). The Balaban J connectivity index is 0.000000912. The van der Waals surface area contributed by atoms with E-state index in [0.717, 1.165) is 82.9 Å². The van der Waals surface area contributed by atoms with Gasteiger partial charge in [0.15, 0.2) is 0 Å². The van der Waals surface area contributed by atoms with Crippen molar-refractivity contribution in [1.29, 1.82) is 0 Å². The number of hydrogen-bond acceptors (Lipinski definition) is 12. The number of ether oxygens (including phenoxy) is 6. The molecule has 0 bridgehead atoms. The van der Waals surface area contributed by atoms with Gasteiger partial charge in [-0.15, -0.1) is 0 Å². The summed E-state index contributed by atoms with van der Waals surface area (Å²) in [6, 6.07) is 15.6. The molecule has 4 N–H and O–H groups in total. The first-order chi connectivity index (χ1) is 40.9. The molecule has 0 unspecified atom stereocenters. The molecule has 0 saturated carbocycles. The van der Waals surface area contributed by atoms with Gasteiger partial charge in [0.1, 0.15) is 41.6 Å². The number of allylic oxidation sites excluding steroid dienone is 3. The van der Waals surface area contributed by atoms with Gasteiger partial charge in [-0.25, -0.2) is 9.59 Å². The van der Waals surface area contributed by atoms with E-state index in [1.165, 1.54) is 21.5 Å². The number of aromatic amines is 2. The molecule has 6 atom stereocenters. The van der Waals surface area contributed by atoms with E-state index in [9.17, 15) is 28.8 Å². The SMILES string of the molecule is C=C/C=C(/C)C(=C)OCCC.CC.CCCOc1ccc(NC(=O)C[C@H]2C[C@H](n3cc(C)c(=O)[nH]c3=O)O[C@@H]2CC)cc1Cc1cccc(Cc2cc(NC(=O)[C@H]3O[C@@H](n4cc(C)c(=O)[nH]c4=O)C[C@@H]3C)cc(CC)c2OCCC)c1OCCC. The fraction of sp³-hybridized carbons (Fsp3) is 0.493. The number of para-hydroxylation sites is 1. The summed E-state index contributed by atoms with van der Waals surface area (Å²) < 4.78 is 39.9. The zero-order chi connectivity index (χ0) is 62.3. The van der Waals surface area contributed by atoms with Crippen LogP contribution in [0.2, 0.25) is 0 Å². The van der Waals surface area contributed by atoms with Crippen molar-refractivity contribution in [3.8, 4) is 17.2 Å². The highest BCUT2D eigenvalue weighted by Crippen LogP contribution is 2.40. The van der Waals surface area contributed by atoms with Gasteiger partial charge in [0.25, 0.3) is 17.0 Å². The molecule has 18 heteroatoms. The Morgan fingerprint density at radius 3 is 1.80 bits per heavy atom.